The highest BCUT2D eigenvalue weighted by Gasteiger charge is 2.27. The Morgan fingerprint density at radius 1 is 1.07 bits per heavy atom. The van der Waals surface area contributed by atoms with Gasteiger partial charge >= 0.3 is 0 Å². The van der Waals surface area contributed by atoms with E-state index in [4.69, 9.17) is 4.98 Å². The van der Waals surface area contributed by atoms with Gasteiger partial charge in [0.05, 0.1) is 5.69 Å². The summed E-state index contributed by atoms with van der Waals surface area (Å²) in [5, 5.41) is 0. The highest BCUT2D eigenvalue weighted by molar-refractivity contribution is 5.76. The van der Waals surface area contributed by atoms with Gasteiger partial charge in [0.25, 0.3) is 5.56 Å². The molecule has 2 aromatic heterocycles. The molecule has 1 saturated carbocycles. The van der Waals surface area contributed by atoms with Crippen LogP contribution in [0.3, 0.4) is 0 Å². The fraction of sp³-hybridized carbons (Fsp3) is 0.545. The zero-order valence-electron chi connectivity index (χ0n) is 16.3. The third kappa shape index (κ3) is 4.49. The summed E-state index contributed by atoms with van der Waals surface area (Å²) in [5.74, 6) is 1.80. The topological polar surface area (TPSA) is 79.0 Å². The lowest BCUT2D eigenvalue weighted by molar-refractivity contribution is -0.133. The van der Waals surface area contributed by atoms with Crippen LogP contribution in [0.4, 0.5) is 0 Å². The molecule has 0 atom stereocenters. The van der Waals surface area contributed by atoms with Gasteiger partial charge in [0.1, 0.15) is 5.82 Å². The van der Waals surface area contributed by atoms with Gasteiger partial charge in [-0.2, -0.15) is 0 Å². The third-order valence-electron chi connectivity index (χ3n) is 6.16. The van der Waals surface area contributed by atoms with Crippen LogP contribution in [-0.4, -0.2) is 38.8 Å². The van der Waals surface area contributed by atoms with E-state index in [1.807, 2.05) is 17.0 Å². The quantitative estimate of drug-likeness (QED) is 0.880. The Morgan fingerprint density at radius 3 is 2.50 bits per heavy atom. The van der Waals surface area contributed by atoms with Crippen LogP contribution in [0.25, 0.3) is 11.3 Å². The molecule has 0 bridgehead atoms. The van der Waals surface area contributed by atoms with Gasteiger partial charge in [-0.3, -0.25) is 14.6 Å². The van der Waals surface area contributed by atoms with E-state index in [9.17, 15) is 9.59 Å². The van der Waals surface area contributed by atoms with Gasteiger partial charge < -0.3 is 9.88 Å². The first kappa shape index (κ1) is 18.8. The maximum Gasteiger partial charge on any atom is 0.251 e. The molecule has 0 aromatic carbocycles. The van der Waals surface area contributed by atoms with Crippen molar-refractivity contribution in [3.05, 3.63) is 46.8 Å². The summed E-state index contributed by atoms with van der Waals surface area (Å²) in [7, 11) is 0. The first-order valence-corrected chi connectivity index (χ1v) is 10.5. The van der Waals surface area contributed by atoms with Gasteiger partial charge in [-0.15, -0.1) is 0 Å². The van der Waals surface area contributed by atoms with Crippen molar-refractivity contribution >= 4 is 5.91 Å². The van der Waals surface area contributed by atoms with Crippen molar-refractivity contribution in [3.8, 4) is 11.3 Å². The van der Waals surface area contributed by atoms with Crippen LogP contribution in [0.5, 0.6) is 0 Å². The molecule has 2 aliphatic rings. The number of nitrogens with one attached hydrogen (secondary N) is 1. The van der Waals surface area contributed by atoms with Gasteiger partial charge in [-0.1, -0.05) is 19.3 Å². The van der Waals surface area contributed by atoms with E-state index in [0.717, 1.165) is 37.3 Å². The number of likely N-dealkylation sites (tertiary alicyclic amines) is 1. The molecule has 2 aromatic rings. The monoisotopic (exact) mass is 380 g/mol. The molecule has 4 rings (SSSR count). The van der Waals surface area contributed by atoms with E-state index < -0.39 is 0 Å². The minimum atomic E-state index is -0.132. The average Bonchev–Trinajstić information content (AvgIpc) is 2.75. The first-order valence-electron chi connectivity index (χ1n) is 10.5. The Bertz CT molecular complexity index is 850. The van der Waals surface area contributed by atoms with Crippen molar-refractivity contribution in [1.82, 2.24) is 19.9 Å². The predicted molar refractivity (Wildman–Crippen MR) is 108 cm³/mol. The van der Waals surface area contributed by atoms with Crippen molar-refractivity contribution in [1.29, 1.82) is 0 Å². The molecule has 1 amide bonds. The van der Waals surface area contributed by atoms with Crippen molar-refractivity contribution in [2.75, 3.05) is 13.1 Å². The van der Waals surface area contributed by atoms with E-state index in [2.05, 4.69) is 9.97 Å². The van der Waals surface area contributed by atoms with E-state index in [-0.39, 0.29) is 11.5 Å². The molecule has 28 heavy (non-hydrogen) atoms. The summed E-state index contributed by atoms with van der Waals surface area (Å²) in [6.07, 6.45) is 12.1. The zero-order valence-corrected chi connectivity index (χ0v) is 16.3. The van der Waals surface area contributed by atoms with Crippen molar-refractivity contribution in [2.45, 2.75) is 57.3 Å². The number of hydrogen-bond donors (Lipinski definition) is 1. The Kier molecular flexibility index (Phi) is 5.84. The van der Waals surface area contributed by atoms with Gasteiger partial charge in [-0.05, 0) is 43.7 Å². The van der Waals surface area contributed by atoms with Crippen molar-refractivity contribution in [3.63, 3.8) is 0 Å². The second-order valence-electron chi connectivity index (χ2n) is 8.11. The fourth-order valence-corrected chi connectivity index (χ4v) is 4.51. The molecule has 6 nitrogen and oxygen atoms in total. The van der Waals surface area contributed by atoms with E-state index in [0.29, 0.717) is 23.9 Å². The molecular weight excluding hydrogens is 352 g/mol. The standard InChI is InChI=1S/C22H28N4O2/c27-20-15-19(17-6-10-23-11-7-17)24-22(25-20)18-8-12-26(13-9-18)21(28)14-16-4-2-1-3-5-16/h6-7,10-11,15-16,18H,1-5,8-9,12-14H2,(H,24,25,27). The molecule has 0 unspecified atom stereocenters. The summed E-state index contributed by atoms with van der Waals surface area (Å²) >= 11 is 0. The normalized spacial score (nSPS) is 18.9. The largest absolute Gasteiger partial charge is 0.343 e. The molecule has 1 saturated heterocycles. The lowest BCUT2D eigenvalue weighted by Gasteiger charge is -2.33. The molecule has 3 heterocycles. The Labute approximate surface area is 165 Å². The summed E-state index contributed by atoms with van der Waals surface area (Å²) in [4.78, 5) is 38.4. The second-order valence-corrected chi connectivity index (χ2v) is 8.11. The first-order chi connectivity index (χ1) is 13.7. The van der Waals surface area contributed by atoms with Gasteiger partial charge in [0, 0.05) is 49.5 Å². The smallest absolute Gasteiger partial charge is 0.251 e. The van der Waals surface area contributed by atoms with Crippen LogP contribution < -0.4 is 5.56 Å². The van der Waals surface area contributed by atoms with Crippen LogP contribution in [0.15, 0.2) is 35.4 Å². The number of pyridine rings is 1. The number of piperidine rings is 1. The number of aromatic nitrogens is 3. The lowest BCUT2D eigenvalue weighted by Crippen LogP contribution is -2.39. The highest BCUT2D eigenvalue weighted by atomic mass is 16.2. The number of H-pyrrole nitrogens is 1. The van der Waals surface area contributed by atoms with E-state index in [1.54, 1.807) is 12.4 Å². The van der Waals surface area contributed by atoms with Crippen LogP contribution in [0.1, 0.15) is 63.1 Å². The maximum absolute atomic E-state index is 12.6. The van der Waals surface area contributed by atoms with Crippen LogP contribution in [-0.2, 0) is 4.79 Å². The Hall–Kier alpha value is -2.50. The summed E-state index contributed by atoms with van der Waals surface area (Å²) in [6, 6.07) is 5.25. The molecule has 148 valence electrons. The minimum absolute atomic E-state index is 0.132. The molecule has 2 fully saturated rings. The lowest BCUT2D eigenvalue weighted by atomic mass is 9.86. The number of hydrogen-bond acceptors (Lipinski definition) is 4. The summed E-state index contributed by atoms with van der Waals surface area (Å²) < 4.78 is 0. The minimum Gasteiger partial charge on any atom is -0.343 e. The molecular formula is C22H28N4O2. The molecule has 1 N–H and O–H groups in total. The second kappa shape index (κ2) is 8.67. The molecule has 1 aliphatic carbocycles. The van der Waals surface area contributed by atoms with Crippen molar-refractivity contribution < 1.29 is 4.79 Å². The van der Waals surface area contributed by atoms with Crippen LogP contribution >= 0.6 is 0 Å². The number of amides is 1. The molecule has 1 aliphatic heterocycles. The fourth-order valence-electron chi connectivity index (χ4n) is 4.51. The third-order valence-corrected chi connectivity index (χ3v) is 6.16. The highest BCUT2D eigenvalue weighted by Crippen LogP contribution is 2.30. The molecule has 6 heteroatoms. The summed E-state index contributed by atoms with van der Waals surface area (Å²) in [6.45, 7) is 1.50. The number of nitrogens with zero attached hydrogens (tertiary/aromatic N) is 3. The van der Waals surface area contributed by atoms with E-state index >= 15 is 0 Å². The number of aromatic amines is 1. The number of rotatable bonds is 4. The van der Waals surface area contributed by atoms with Gasteiger partial charge in [-0.25, -0.2) is 4.98 Å². The Balaban J connectivity index is 1.39. The van der Waals surface area contributed by atoms with Gasteiger partial charge in [0.15, 0.2) is 0 Å². The predicted octanol–water partition coefficient (Wildman–Crippen LogP) is 3.51. The number of carbonyl (C=O) groups is 1. The SMILES string of the molecule is O=C(CC1CCCCC1)N1CCC(c2nc(-c3ccncc3)cc(=O)[nH]2)CC1. The summed E-state index contributed by atoms with van der Waals surface area (Å²) in [5.41, 5.74) is 1.44. The van der Waals surface area contributed by atoms with E-state index in [1.165, 1.54) is 38.2 Å². The molecule has 0 spiro atoms. The zero-order chi connectivity index (χ0) is 19.3. The van der Waals surface area contributed by atoms with Gasteiger partial charge in [0.2, 0.25) is 5.91 Å². The molecule has 0 radical (unpaired) electrons. The number of carbonyl (C=O) groups excluding carboxylic acids is 1. The van der Waals surface area contributed by atoms with Crippen molar-refractivity contribution in [2.24, 2.45) is 5.92 Å². The average molecular weight is 380 g/mol. The Morgan fingerprint density at radius 2 is 1.79 bits per heavy atom. The van der Waals surface area contributed by atoms with Crippen LogP contribution in [0, 0.1) is 5.92 Å². The van der Waals surface area contributed by atoms with Crippen LogP contribution in [0.2, 0.25) is 0 Å². The maximum atomic E-state index is 12.6.